The summed E-state index contributed by atoms with van der Waals surface area (Å²) >= 11 is 6.10. The van der Waals surface area contributed by atoms with E-state index in [1.165, 1.54) is 13.4 Å². The Kier molecular flexibility index (Phi) is 6.39. The quantitative estimate of drug-likeness (QED) is 0.744. The number of hydrogen-bond acceptors (Lipinski definition) is 6. The molecule has 0 radical (unpaired) electrons. The number of esters is 1. The van der Waals surface area contributed by atoms with Crippen LogP contribution in [0.4, 0.5) is 5.69 Å². The van der Waals surface area contributed by atoms with E-state index < -0.39 is 18.0 Å². The molecule has 28 heavy (non-hydrogen) atoms. The maximum atomic E-state index is 12.8. The Hall–Kier alpha value is -3.19. The summed E-state index contributed by atoms with van der Waals surface area (Å²) in [6.45, 7) is 0.574. The Balaban J connectivity index is 1.80. The van der Waals surface area contributed by atoms with Crippen LogP contribution in [0.5, 0.6) is 5.75 Å². The van der Waals surface area contributed by atoms with Crippen LogP contribution in [0.25, 0.3) is 0 Å². The van der Waals surface area contributed by atoms with E-state index >= 15 is 0 Å². The van der Waals surface area contributed by atoms with Gasteiger partial charge in [-0.25, -0.2) is 4.79 Å². The fourth-order valence-corrected chi connectivity index (χ4v) is 2.75. The third-order valence-corrected chi connectivity index (χ3v) is 4.13. The zero-order valence-electron chi connectivity index (χ0n) is 15.0. The van der Waals surface area contributed by atoms with E-state index in [9.17, 15) is 9.59 Å². The van der Waals surface area contributed by atoms with E-state index in [1.54, 1.807) is 48.5 Å². The Morgan fingerprint density at radius 2 is 1.93 bits per heavy atom. The average molecular weight is 404 g/mol. The van der Waals surface area contributed by atoms with Crippen molar-refractivity contribution >= 4 is 29.2 Å². The smallest absolute Gasteiger partial charge is 0.378 e. The van der Waals surface area contributed by atoms with Gasteiger partial charge in [-0.2, -0.15) is 0 Å². The fraction of sp³-hybridized carbons (Fsp3) is 0.200. The second-order valence-electron chi connectivity index (χ2n) is 5.74. The summed E-state index contributed by atoms with van der Waals surface area (Å²) in [5.74, 6) is -0.950. The molecule has 7 nitrogen and oxygen atoms in total. The molecular formula is C20H18ClNO6. The molecule has 1 N–H and O–H groups in total. The molecule has 0 spiro atoms. The van der Waals surface area contributed by atoms with E-state index in [2.05, 4.69) is 5.32 Å². The summed E-state index contributed by atoms with van der Waals surface area (Å²) in [6, 6.07) is 13.5. The van der Waals surface area contributed by atoms with E-state index in [-0.39, 0.29) is 12.4 Å². The number of anilines is 1. The van der Waals surface area contributed by atoms with Gasteiger partial charge in [0.2, 0.25) is 11.9 Å². The standard InChI is InChI=1S/C20H18ClNO6/c1-25-16-8-7-14(11-15(16)21)22-19(23)18(13-5-3-2-4-6-13)28-20(24)17-12-26-9-10-27-17/h2-8,11-12,18H,9-10H2,1H3,(H,22,23)/t18-/m1/s1. The van der Waals surface area contributed by atoms with Gasteiger partial charge >= 0.3 is 5.97 Å². The number of carbonyl (C=O) groups excluding carboxylic acids is 2. The second kappa shape index (κ2) is 9.14. The first-order chi connectivity index (χ1) is 13.6. The molecule has 0 bridgehead atoms. The lowest BCUT2D eigenvalue weighted by Crippen LogP contribution is -2.27. The topological polar surface area (TPSA) is 83.1 Å². The highest BCUT2D eigenvalue weighted by Crippen LogP contribution is 2.28. The number of amides is 1. The molecule has 3 rings (SSSR count). The molecule has 0 fully saturated rings. The maximum Gasteiger partial charge on any atom is 0.378 e. The molecule has 2 aromatic rings. The van der Waals surface area contributed by atoms with Crippen LogP contribution in [-0.2, 0) is 23.8 Å². The van der Waals surface area contributed by atoms with Gasteiger partial charge in [-0.1, -0.05) is 41.9 Å². The number of methoxy groups -OCH3 is 1. The molecule has 0 saturated carbocycles. The van der Waals surface area contributed by atoms with E-state index in [4.69, 9.17) is 30.5 Å². The predicted octanol–water partition coefficient (Wildman–Crippen LogP) is 3.46. The number of halogens is 1. The average Bonchev–Trinajstić information content (AvgIpc) is 2.73. The van der Waals surface area contributed by atoms with Gasteiger partial charge in [-0.15, -0.1) is 0 Å². The van der Waals surface area contributed by atoms with Gasteiger partial charge in [0, 0.05) is 11.3 Å². The Labute approximate surface area is 166 Å². The summed E-state index contributed by atoms with van der Waals surface area (Å²) in [5, 5.41) is 3.03. The maximum absolute atomic E-state index is 12.8. The first-order valence-electron chi connectivity index (χ1n) is 8.43. The Morgan fingerprint density at radius 1 is 1.14 bits per heavy atom. The first-order valence-corrected chi connectivity index (χ1v) is 8.81. The van der Waals surface area contributed by atoms with E-state index in [0.717, 1.165) is 0 Å². The molecule has 146 valence electrons. The highest BCUT2D eigenvalue weighted by molar-refractivity contribution is 6.32. The molecule has 1 amide bonds. The van der Waals surface area contributed by atoms with Gasteiger partial charge in [-0.3, -0.25) is 4.79 Å². The molecule has 1 aliphatic rings. The lowest BCUT2D eigenvalue weighted by Gasteiger charge is -2.20. The van der Waals surface area contributed by atoms with Gasteiger partial charge in [0.15, 0.2) is 0 Å². The molecular weight excluding hydrogens is 386 g/mol. The van der Waals surface area contributed by atoms with Crippen molar-refractivity contribution in [2.45, 2.75) is 6.10 Å². The lowest BCUT2D eigenvalue weighted by atomic mass is 10.1. The molecule has 0 aromatic heterocycles. The van der Waals surface area contributed by atoms with Crippen molar-refractivity contribution in [1.29, 1.82) is 0 Å². The molecule has 0 unspecified atom stereocenters. The zero-order chi connectivity index (χ0) is 19.9. The summed E-state index contributed by atoms with van der Waals surface area (Å²) < 4.78 is 20.8. The molecule has 0 saturated heterocycles. The van der Waals surface area contributed by atoms with Gasteiger partial charge in [0.25, 0.3) is 5.91 Å². The van der Waals surface area contributed by atoms with Crippen LogP contribution in [0, 0.1) is 0 Å². The van der Waals surface area contributed by atoms with Crippen molar-refractivity contribution in [2.24, 2.45) is 0 Å². The third kappa shape index (κ3) is 4.75. The lowest BCUT2D eigenvalue weighted by molar-refractivity contribution is -0.155. The monoisotopic (exact) mass is 403 g/mol. The van der Waals surface area contributed by atoms with Crippen molar-refractivity contribution < 1.29 is 28.5 Å². The molecule has 8 heteroatoms. The normalized spacial score (nSPS) is 14.0. The van der Waals surface area contributed by atoms with Crippen LogP contribution in [-0.4, -0.2) is 32.2 Å². The second-order valence-corrected chi connectivity index (χ2v) is 6.14. The summed E-state index contributed by atoms with van der Waals surface area (Å²) in [4.78, 5) is 25.2. The largest absolute Gasteiger partial charge is 0.495 e. The minimum atomic E-state index is -1.19. The zero-order valence-corrected chi connectivity index (χ0v) is 15.8. The van der Waals surface area contributed by atoms with Crippen molar-refractivity contribution in [3.63, 3.8) is 0 Å². The van der Waals surface area contributed by atoms with Crippen LogP contribution in [0.15, 0.2) is 60.6 Å². The van der Waals surface area contributed by atoms with Crippen LogP contribution in [0.2, 0.25) is 5.02 Å². The van der Waals surface area contributed by atoms with Crippen molar-refractivity contribution in [2.75, 3.05) is 25.6 Å². The third-order valence-electron chi connectivity index (χ3n) is 3.83. The van der Waals surface area contributed by atoms with Gasteiger partial charge in [-0.05, 0) is 18.2 Å². The number of ether oxygens (including phenoxy) is 4. The molecule has 1 atom stereocenters. The number of rotatable bonds is 6. The van der Waals surface area contributed by atoms with Gasteiger partial charge in [0.05, 0.1) is 12.1 Å². The molecule has 2 aromatic carbocycles. The number of nitrogens with one attached hydrogen (secondary N) is 1. The summed E-state index contributed by atoms with van der Waals surface area (Å²) in [5.41, 5.74) is 0.939. The fourth-order valence-electron chi connectivity index (χ4n) is 2.49. The highest BCUT2D eigenvalue weighted by atomic mass is 35.5. The number of hydrogen-bond donors (Lipinski definition) is 1. The minimum Gasteiger partial charge on any atom is -0.495 e. The van der Waals surface area contributed by atoms with Crippen LogP contribution >= 0.6 is 11.6 Å². The van der Waals surface area contributed by atoms with E-state index in [1.807, 2.05) is 0 Å². The van der Waals surface area contributed by atoms with Gasteiger partial charge in [0.1, 0.15) is 25.2 Å². The van der Waals surface area contributed by atoms with Crippen molar-refractivity contribution in [1.82, 2.24) is 0 Å². The Morgan fingerprint density at radius 3 is 2.57 bits per heavy atom. The van der Waals surface area contributed by atoms with Crippen molar-refractivity contribution in [3.05, 3.63) is 71.1 Å². The summed E-state index contributed by atoms with van der Waals surface area (Å²) in [7, 11) is 1.50. The first kappa shape index (κ1) is 19.6. The van der Waals surface area contributed by atoms with Crippen LogP contribution in [0.3, 0.4) is 0 Å². The SMILES string of the molecule is COc1ccc(NC(=O)[C@H](OC(=O)C2=COCCO2)c2ccccc2)cc1Cl. The predicted molar refractivity (Wildman–Crippen MR) is 102 cm³/mol. The van der Waals surface area contributed by atoms with Gasteiger partial charge < -0.3 is 24.3 Å². The van der Waals surface area contributed by atoms with Crippen LogP contribution < -0.4 is 10.1 Å². The highest BCUT2D eigenvalue weighted by Gasteiger charge is 2.28. The summed E-state index contributed by atoms with van der Waals surface area (Å²) in [6.07, 6.45) is -0.0179. The molecule has 1 heterocycles. The minimum absolute atomic E-state index is 0.0903. The molecule has 0 aliphatic carbocycles. The molecule has 1 aliphatic heterocycles. The van der Waals surface area contributed by atoms with E-state index in [0.29, 0.717) is 28.6 Å². The Bertz CT molecular complexity index is 884. The number of carbonyl (C=O) groups is 2. The number of benzene rings is 2. The van der Waals surface area contributed by atoms with Crippen molar-refractivity contribution in [3.8, 4) is 5.75 Å². The van der Waals surface area contributed by atoms with Crippen LogP contribution in [0.1, 0.15) is 11.7 Å².